The number of ketones is 1. The highest BCUT2D eigenvalue weighted by molar-refractivity contribution is 5.99. The summed E-state index contributed by atoms with van der Waals surface area (Å²) in [4.78, 5) is 12.5. The summed E-state index contributed by atoms with van der Waals surface area (Å²) in [6.07, 6.45) is 3.90. The number of carbonyl (C=O) groups is 1. The Morgan fingerprint density at radius 3 is 3.14 bits per heavy atom. The van der Waals surface area contributed by atoms with Gasteiger partial charge in [-0.2, -0.15) is 0 Å². The number of hydrogen-bond donors (Lipinski definition) is 2. The summed E-state index contributed by atoms with van der Waals surface area (Å²) >= 11 is 0. The predicted molar refractivity (Wildman–Crippen MR) is 78.3 cm³/mol. The lowest BCUT2D eigenvalue weighted by atomic mass is 9.51. The van der Waals surface area contributed by atoms with Gasteiger partial charge in [0.25, 0.3) is 0 Å². The summed E-state index contributed by atoms with van der Waals surface area (Å²) in [6, 6.07) is 3.83. The first-order chi connectivity index (χ1) is 10.6. The van der Waals surface area contributed by atoms with E-state index in [2.05, 4.69) is 5.32 Å². The lowest BCUT2D eigenvalue weighted by Gasteiger charge is -2.57. The maximum absolute atomic E-state index is 12.5. The quantitative estimate of drug-likeness (QED) is 0.789. The van der Waals surface area contributed by atoms with Crippen molar-refractivity contribution in [3.8, 4) is 11.5 Å². The molecule has 1 aromatic carbocycles. The van der Waals surface area contributed by atoms with Gasteiger partial charge in [0, 0.05) is 11.6 Å². The van der Waals surface area contributed by atoms with Gasteiger partial charge < -0.3 is 19.9 Å². The Balaban J connectivity index is 1.90. The second-order valence-electron chi connectivity index (χ2n) is 6.62. The van der Waals surface area contributed by atoms with Gasteiger partial charge in [0.15, 0.2) is 23.4 Å². The number of piperidine rings is 1. The minimum absolute atomic E-state index is 0.0728. The van der Waals surface area contributed by atoms with Gasteiger partial charge >= 0.3 is 0 Å². The molecule has 5 nitrogen and oxygen atoms in total. The maximum atomic E-state index is 12.5. The van der Waals surface area contributed by atoms with Crippen LogP contribution in [0.5, 0.6) is 11.5 Å². The minimum Gasteiger partial charge on any atom is -0.493 e. The zero-order chi connectivity index (χ0) is 15.1. The molecular weight excluding hydrogens is 282 g/mol. The van der Waals surface area contributed by atoms with Crippen LogP contribution in [0, 0.1) is 0 Å². The van der Waals surface area contributed by atoms with Crippen LogP contribution in [0.15, 0.2) is 24.3 Å². The predicted octanol–water partition coefficient (Wildman–Crippen LogP) is 0.482. The molecule has 0 saturated carbocycles. The molecule has 2 aliphatic heterocycles. The van der Waals surface area contributed by atoms with Gasteiger partial charge in [-0.15, -0.1) is 0 Å². The number of methoxy groups -OCH3 is 1. The van der Waals surface area contributed by atoms with Crippen LogP contribution in [-0.4, -0.2) is 42.3 Å². The van der Waals surface area contributed by atoms with Crippen LogP contribution in [-0.2, 0) is 16.6 Å². The van der Waals surface area contributed by atoms with Gasteiger partial charge in [-0.05, 0) is 43.2 Å². The molecule has 1 spiro atoms. The number of aliphatic hydroxyl groups is 1. The molecule has 0 unspecified atom stereocenters. The Morgan fingerprint density at radius 1 is 1.45 bits per heavy atom. The highest BCUT2D eigenvalue weighted by atomic mass is 16.5. The van der Waals surface area contributed by atoms with E-state index in [1.807, 2.05) is 12.1 Å². The van der Waals surface area contributed by atoms with Crippen molar-refractivity contribution in [1.29, 1.82) is 0 Å². The van der Waals surface area contributed by atoms with Gasteiger partial charge in [0.1, 0.15) is 5.60 Å². The van der Waals surface area contributed by atoms with Crippen LogP contribution in [0.25, 0.3) is 0 Å². The van der Waals surface area contributed by atoms with Gasteiger partial charge in [0.2, 0.25) is 0 Å². The van der Waals surface area contributed by atoms with E-state index in [1.165, 1.54) is 6.08 Å². The minimum atomic E-state index is -1.09. The van der Waals surface area contributed by atoms with Crippen molar-refractivity contribution < 1.29 is 19.4 Å². The molecule has 1 fully saturated rings. The molecule has 2 bridgehead atoms. The smallest absolute Gasteiger partial charge is 0.196 e. The molecule has 4 aliphatic rings. The molecule has 0 amide bonds. The Labute approximate surface area is 127 Å². The SMILES string of the molecule is COc1ccc2c3c1O[C@H]1C(=O)C=C[C@@]4(O)[C@@H](C2)NCC[C@]314. The molecule has 2 heterocycles. The fourth-order valence-corrected chi connectivity index (χ4v) is 4.98. The van der Waals surface area contributed by atoms with E-state index in [9.17, 15) is 9.90 Å². The van der Waals surface area contributed by atoms with Crippen LogP contribution in [0.1, 0.15) is 17.5 Å². The van der Waals surface area contributed by atoms with Gasteiger partial charge in [-0.1, -0.05) is 6.07 Å². The second kappa shape index (κ2) is 3.73. The fourth-order valence-electron chi connectivity index (χ4n) is 4.98. The first-order valence-electron chi connectivity index (χ1n) is 7.67. The molecule has 2 aliphatic carbocycles. The highest BCUT2D eigenvalue weighted by Gasteiger charge is 2.70. The molecule has 0 radical (unpaired) electrons. The summed E-state index contributed by atoms with van der Waals surface area (Å²) in [6.45, 7) is 0.768. The van der Waals surface area contributed by atoms with E-state index in [0.717, 1.165) is 24.1 Å². The summed E-state index contributed by atoms with van der Waals surface area (Å²) in [5, 5.41) is 14.9. The Bertz CT molecular complexity index is 742. The molecule has 1 aromatic rings. The zero-order valence-electron chi connectivity index (χ0n) is 12.3. The van der Waals surface area contributed by atoms with Crippen molar-refractivity contribution in [1.82, 2.24) is 5.32 Å². The second-order valence-corrected chi connectivity index (χ2v) is 6.62. The average molecular weight is 299 g/mol. The van der Waals surface area contributed by atoms with E-state index in [4.69, 9.17) is 9.47 Å². The molecule has 5 heteroatoms. The van der Waals surface area contributed by atoms with Crippen LogP contribution in [0.4, 0.5) is 0 Å². The molecule has 5 rings (SSSR count). The number of benzene rings is 1. The normalized spacial score (nSPS) is 40.2. The molecule has 114 valence electrons. The topological polar surface area (TPSA) is 67.8 Å². The van der Waals surface area contributed by atoms with Gasteiger partial charge in [-0.25, -0.2) is 0 Å². The van der Waals surface area contributed by atoms with E-state index in [0.29, 0.717) is 17.9 Å². The Morgan fingerprint density at radius 2 is 2.32 bits per heavy atom. The van der Waals surface area contributed by atoms with Crippen LogP contribution >= 0.6 is 0 Å². The molecular formula is C17H17NO4. The Hall–Kier alpha value is -1.85. The fraction of sp³-hybridized carbons (Fsp3) is 0.471. The molecule has 2 N–H and O–H groups in total. The summed E-state index contributed by atoms with van der Waals surface area (Å²) in [7, 11) is 1.60. The van der Waals surface area contributed by atoms with Crippen LogP contribution in [0.3, 0.4) is 0 Å². The standard InChI is InChI=1S/C17H17NO4/c1-21-11-3-2-9-8-12-17(20)5-4-10(19)15-16(17,6-7-18-12)13(9)14(11)22-15/h2-5,12,15,18,20H,6-8H2,1H3/t12-,15+,16+,17-/m1/s1. The molecule has 4 atom stereocenters. The van der Waals surface area contributed by atoms with E-state index in [-0.39, 0.29) is 11.8 Å². The summed E-state index contributed by atoms with van der Waals surface area (Å²) < 4.78 is 11.5. The third-order valence-electron chi connectivity index (χ3n) is 5.90. The number of ether oxygens (including phenoxy) is 2. The van der Waals surface area contributed by atoms with Crippen molar-refractivity contribution in [3.05, 3.63) is 35.4 Å². The number of nitrogens with one attached hydrogen (secondary N) is 1. The number of hydrogen-bond acceptors (Lipinski definition) is 5. The highest BCUT2D eigenvalue weighted by Crippen LogP contribution is 2.62. The third kappa shape index (κ3) is 1.12. The molecule has 1 saturated heterocycles. The van der Waals surface area contributed by atoms with E-state index >= 15 is 0 Å². The molecule has 0 aromatic heterocycles. The Kier molecular flexibility index (Phi) is 2.15. The van der Waals surface area contributed by atoms with Crippen LogP contribution < -0.4 is 14.8 Å². The largest absolute Gasteiger partial charge is 0.493 e. The lowest BCUT2D eigenvalue weighted by Crippen LogP contribution is -2.74. The average Bonchev–Trinajstić information content (AvgIpc) is 2.85. The van der Waals surface area contributed by atoms with Crippen molar-refractivity contribution in [2.75, 3.05) is 13.7 Å². The molecule has 22 heavy (non-hydrogen) atoms. The first kappa shape index (κ1) is 12.7. The zero-order valence-corrected chi connectivity index (χ0v) is 12.3. The number of rotatable bonds is 1. The van der Waals surface area contributed by atoms with Gasteiger partial charge in [-0.3, -0.25) is 4.79 Å². The summed E-state index contributed by atoms with van der Waals surface area (Å²) in [5.74, 6) is 1.20. The lowest BCUT2D eigenvalue weighted by molar-refractivity contribution is -0.139. The van der Waals surface area contributed by atoms with Crippen LogP contribution in [0.2, 0.25) is 0 Å². The maximum Gasteiger partial charge on any atom is 0.196 e. The van der Waals surface area contributed by atoms with Crippen molar-refractivity contribution in [2.24, 2.45) is 0 Å². The van der Waals surface area contributed by atoms with Gasteiger partial charge in [0.05, 0.1) is 12.5 Å². The van der Waals surface area contributed by atoms with Crippen molar-refractivity contribution in [3.63, 3.8) is 0 Å². The van der Waals surface area contributed by atoms with E-state index in [1.54, 1.807) is 13.2 Å². The number of carbonyl (C=O) groups excluding carboxylic acids is 1. The van der Waals surface area contributed by atoms with E-state index < -0.39 is 17.1 Å². The summed E-state index contributed by atoms with van der Waals surface area (Å²) in [5.41, 5.74) is 0.346. The van der Waals surface area contributed by atoms with Crippen molar-refractivity contribution in [2.45, 2.75) is 36.0 Å². The van der Waals surface area contributed by atoms with Crippen molar-refractivity contribution >= 4 is 5.78 Å². The third-order valence-corrected chi connectivity index (χ3v) is 5.90. The monoisotopic (exact) mass is 299 g/mol. The first-order valence-corrected chi connectivity index (χ1v) is 7.67.